The maximum atomic E-state index is 12.5. The van der Waals surface area contributed by atoms with Crippen molar-refractivity contribution in [1.82, 2.24) is 9.62 Å². The van der Waals surface area contributed by atoms with Crippen molar-refractivity contribution in [1.29, 1.82) is 0 Å². The van der Waals surface area contributed by atoms with Gasteiger partial charge in [-0.15, -0.1) is 0 Å². The van der Waals surface area contributed by atoms with Crippen molar-refractivity contribution in [3.05, 3.63) is 65.4 Å². The molecular formula is C20H24N2O3S. The number of sulfonamides is 1. The van der Waals surface area contributed by atoms with Crippen molar-refractivity contribution in [2.45, 2.75) is 31.3 Å². The molecule has 26 heavy (non-hydrogen) atoms. The highest BCUT2D eigenvalue weighted by Gasteiger charge is 2.20. The van der Waals surface area contributed by atoms with E-state index in [2.05, 4.69) is 18.3 Å². The molecule has 6 heteroatoms. The van der Waals surface area contributed by atoms with E-state index in [9.17, 15) is 8.42 Å². The van der Waals surface area contributed by atoms with Gasteiger partial charge < -0.3 is 9.73 Å². The van der Waals surface area contributed by atoms with Gasteiger partial charge in [-0.25, -0.2) is 12.7 Å². The SMILES string of the molecule is CCc1oc2ccccc2c1CNCc1ccccc1S(=O)(=O)N(C)C. The molecule has 0 bridgehead atoms. The van der Waals surface area contributed by atoms with Crippen molar-refractivity contribution < 1.29 is 12.8 Å². The van der Waals surface area contributed by atoms with E-state index in [1.54, 1.807) is 26.2 Å². The van der Waals surface area contributed by atoms with Gasteiger partial charge in [-0.2, -0.15) is 0 Å². The van der Waals surface area contributed by atoms with Crippen LogP contribution in [0.5, 0.6) is 0 Å². The number of furan rings is 1. The molecule has 0 unspecified atom stereocenters. The summed E-state index contributed by atoms with van der Waals surface area (Å²) >= 11 is 0. The molecule has 2 aromatic carbocycles. The van der Waals surface area contributed by atoms with Crippen molar-refractivity contribution in [3.8, 4) is 0 Å². The van der Waals surface area contributed by atoms with Gasteiger partial charge in [-0.05, 0) is 17.7 Å². The van der Waals surface area contributed by atoms with Gasteiger partial charge in [-0.1, -0.05) is 43.3 Å². The van der Waals surface area contributed by atoms with Crippen LogP contribution in [0.2, 0.25) is 0 Å². The molecule has 0 saturated carbocycles. The smallest absolute Gasteiger partial charge is 0.242 e. The van der Waals surface area contributed by atoms with Crippen LogP contribution in [0.3, 0.4) is 0 Å². The molecule has 0 spiro atoms. The summed E-state index contributed by atoms with van der Waals surface area (Å²) in [5.74, 6) is 0.966. The Labute approximate surface area is 154 Å². The van der Waals surface area contributed by atoms with Crippen molar-refractivity contribution in [3.63, 3.8) is 0 Å². The summed E-state index contributed by atoms with van der Waals surface area (Å²) in [7, 11) is -0.372. The van der Waals surface area contributed by atoms with E-state index in [1.165, 1.54) is 4.31 Å². The molecule has 0 saturated heterocycles. The predicted molar refractivity (Wildman–Crippen MR) is 103 cm³/mol. The van der Waals surface area contributed by atoms with Crippen LogP contribution in [0.25, 0.3) is 11.0 Å². The number of benzene rings is 2. The molecule has 1 aromatic heterocycles. The largest absolute Gasteiger partial charge is 0.461 e. The highest BCUT2D eigenvalue weighted by molar-refractivity contribution is 7.89. The topological polar surface area (TPSA) is 62.6 Å². The predicted octanol–water partition coefficient (Wildman–Crippen LogP) is 3.54. The van der Waals surface area contributed by atoms with Crippen molar-refractivity contribution in [2.24, 2.45) is 0 Å². The lowest BCUT2D eigenvalue weighted by atomic mass is 10.1. The number of hydrogen-bond donors (Lipinski definition) is 1. The molecule has 0 fully saturated rings. The lowest BCUT2D eigenvalue weighted by Gasteiger charge is -2.15. The first-order chi connectivity index (χ1) is 12.4. The first-order valence-corrected chi connectivity index (χ1v) is 10.1. The number of aryl methyl sites for hydroxylation is 1. The molecule has 0 aliphatic heterocycles. The van der Waals surface area contributed by atoms with Crippen LogP contribution in [0.1, 0.15) is 23.8 Å². The molecule has 3 aromatic rings. The Balaban J connectivity index is 1.82. The third-order valence-corrected chi connectivity index (χ3v) is 6.37. The molecule has 5 nitrogen and oxygen atoms in total. The Morgan fingerprint density at radius 3 is 2.42 bits per heavy atom. The molecule has 0 aliphatic carbocycles. The Kier molecular flexibility index (Phi) is 5.46. The van der Waals surface area contributed by atoms with Gasteiger partial charge in [0.25, 0.3) is 0 Å². The zero-order valence-corrected chi connectivity index (χ0v) is 16.1. The number of para-hydroxylation sites is 1. The first kappa shape index (κ1) is 18.6. The third-order valence-electron chi connectivity index (χ3n) is 4.45. The van der Waals surface area contributed by atoms with Gasteiger partial charge in [-0.3, -0.25) is 0 Å². The number of fused-ring (bicyclic) bond motifs is 1. The number of rotatable bonds is 7. The lowest BCUT2D eigenvalue weighted by molar-refractivity contribution is 0.518. The molecule has 3 rings (SSSR count). The van der Waals surface area contributed by atoms with Gasteiger partial charge in [0.05, 0.1) is 4.90 Å². The summed E-state index contributed by atoms with van der Waals surface area (Å²) in [6.45, 7) is 3.16. The second-order valence-corrected chi connectivity index (χ2v) is 8.47. The van der Waals surface area contributed by atoms with E-state index in [4.69, 9.17) is 4.42 Å². The normalized spacial score (nSPS) is 12.2. The van der Waals surface area contributed by atoms with E-state index in [0.29, 0.717) is 18.0 Å². The summed E-state index contributed by atoms with van der Waals surface area (Å²) in [5.41, 5.74) is 2.78. The van der Waals surface area contributed by atoms with Crippen molar-refractivity contribution in [2.75, 3.05) is 14.1 Å². The van der Waals surface area contributed by atoms with Gasteiger partial charge in [0.1, 0.15) is 11.3 Å². The number of nitrogens with one attached hydrogen (secondary N) is 1. The van der Waals surface area contributed by atoms with Crippen LogP contribution in [0.4, 0.5) is 0 Å². The summed E-state index contributed by atoms with van der Waals surface area (Å²) in [6, 6.07) is 15.1. The van der Waals surface area contributed by atoms with Gasteiger partial charge in [0, 0.05) is 44.6 Å². The summed E-state index contributed by atoms with van der Waals surface area (Å²) in [6.07, 6.45) is 0.817. The molecule has 0 amide bonds. The second kappa shape index (κ2) is 7.61. The summed E-state index contributed by atoms with van der Waals surface area (Å²) in [5, 5.41) is 4.48. The zero-order chi connectivity index (χ0) is 18.7. The fourth-order valence-corrected chi connectivity index (χ4v) is 4.16. The Morgan fingerprint density at radius 2 is 1.69 bits per heavy atom. The van der Waals surface area contributed by atoms with Crippen LogP contribution in [0.15, 0.2) is 57.8 Å². The Morgan fingerprint density at radius 1 is 1.00 bits per heavy atom. The van der Waals surface area contributed by atoms with Crippen LogP contribution in [0, 0.1) is 0 Å². The molecule has 1 heterocycles. The van der Waals surface area contributed by atoms with Gasteiger partial charge in [0.2, 0.25) is 10.0 Å². The minimum absolute atomic E-state index is 0.338. The van der Waals surface area contributed by atoms with E-state index in [1.807, 2.05) is 30.3 Å². The fraction of sp³-hybridized carbons (Fsp3) is 0.300. The van der Waals surface area contributed by atoms with Gasteiger partial charge in [0.15, 0.2) is 0 Å². The van der Waals surface area contributed by atoms with Crippen molar-refractivity contribution >= 4 is 21.0 Å². The highest BCUT2D eigenvalue weighted by Crippen LogP contribution is 2.26. The van der Waals surface area contributed by atoms with E-state index < -0.39 is 10.0 Å². The van der Waals surface area contributed by atoms with Crippen LogP contribution in [-0.2, 0) is 29.5 Å². The molecule has 0 atom stereocenters. The Hall–Kier alpha value is -2.15. The van der Waals surface area contributed by atoms with E-state index >= 15 is 0 Å². The fourth-order valence-electron chi connectivity index (χ4n) is 3.05. The van der Waals surface area contributed by atoms with Crippen LogP contribution in [-0.4, -0.2) is 26.8 Å². The number of nitrogens with zero attached hydrogens (tertiary/aromatic N) is 1. The summed E-state index contributed by atoms with van der Waals surface area (Å²) in [4.78, 5) is 0.338. The van der Waals surface area contributed by atoms with Gasteiger partial charge >= 0.3 is 0 Å². The zero-order valence-electron chi connectivity index (χ0n) is 15.3. The van der Waals surface area contributed by atoms with Crippen LogP contribution < -0.4 is 5.32 Å². The quantitative estimate of drug-likeness (QED) is 0.689. The maximum absolute atomic E-state index is 12.5. The van der Waals surface area contributed by atoms with E-state index in [-0.39, 0.29) is 0 Å². The standard InChI is InChI=1S/C20H24N2O3S/c1-4-18-17(16-10-6-7-11-19(16)25-18)14-21-13-15-9-5-8-12-20(15)26(23,24)22(2)3/h5-12,21H,4,13-14H2,1-3H3. The first-order valence-electron chi connectivity index (χ1n) is 8.65. The minimum Gasteiger partial charge on any atom is -0.461 e. The lowest BCUT2D eigenvalue weighted by Crippen LogP contribution is -2.24. The minimum atomic E-state index is -3.46. The molecule has 0 radical (unpaired) electrons. The van der Waals surface area contributed by atoms with Crippen LogP contribution >= 0.6 is 0 Å². The molecule has 0 aliphatic rings. The second-order valence-electron chi connectivity index (χ2n) is 6.35. The maximum Gasteiger partial charge on any atom is 0.242 e. The summed E-state index contributed by atoms with van der Waals surface area (Å²) < 4.78 is 32.2. The average Bonchev–Trinajstić information content (AvgIpc) is 3.00. The highest BCUT2D eigenvalue weighted by atomic mass is 32.2. The van der Waals surface area contributed by atoms with E-state index in [0.717, 1.165) is 34.3 Å². The number of hydrogen-bond acceptors (Lipinski definition) is 4. The third kappa shape index (κ3) is 3.53. The monoisotopic (exact) mass is 372 g/mol. The molecule has 1 N–H and O–H groups in total. The average molecular weight is 372 g/mol. The Bertz CT molecular complexity index is 1010. The molecule has 138 valence electrons. The molecular weight excluding hydrogens is 348 g/mol.